The number of aliphatic hydroxyl groups excluding tert-OH is 1. The van der Waals surface area contributed by atoms with E-state index in [-0.39, 0.29) is 32.0 Å². The summed E-state index contributed by atoms with van der Waals surface area (Å²) in [4.78, 5) is 24.0. The Morgan fingerprint density at radius 2 is 1.79 bits per heavy atom. The zero-order chi connectivity index (χ0) is 14.3. The number of hydrogen-bond acceptors (Lipinski definition) is 3. The van der Waals surface area contributed by atoms with E-state index in [1.54, 1.807) is 0 Å². The fourth-order valence-electron chi connectivity index (χ4n) is 1.58. The average Bonchev–Trinajstić information content (AvgIpc) is 2.39. The van der Waals surface area contributed by atoms with E-state index in [0.29, 0.717) is 12.0 Å². The van der Waals surface area contributed by atoms with Crippen LogP contribution in [0.3, 0.4) is 0 Å². The van der Waals surface area contributed by atoms with Crippen molar-refractivity contribution in [3.8, 4) is 0 Å². The van der Waals surface area contributed by atoms with Crippen molar-refractivity contribution in [1.29, 1.82) is 0 Å². The first-order valence-corrected chi connectivity index (χ1v) is 5.92. The molecule has 1 amide bonds. The molecule has 104 valence electrons. The number of carbonyl (C=O) groups excluding carboxylic acids is 1. The van der Waals surface area contributed by atoms with Crippen LogP contribution in [0, 0.1) is 5.82 Å². The second kappa shape index (κ2) is 7.48. The maximum absolute atomic E-state index is 12.8. The van der Waals surface area contributed by atoms with E-state index in [4.69, 9.17) is 10.2 Å². The molecule has 0 aliphatic rings. The second-order valence-electron chi connectivity index (χ2n) is 4.02. The Kier molecular flexibility index (Phi) is 5.95. The minimum Gasteiger partial charge on any atom is -0.481 e. The molecular weight excluding hydrogens is 253 g/mol. The van der Waals surface area contributed by atoms with E-state index in [1.165, 1.54) is 29.2 Å². The first kappa shape index (κ1) is 15.1. The summed E-state index contributed by atoms with van der Waals surface area (Å²) < 4.78 is 12.8. The Labute approximate surface area is 110 Å². The Bertz CT molecular complexity index is 433. The van der Waals surface area contributed by atoms with Crippen LogP contribution < -0.4 is 0 Å². The molecule has 0 spiro atoms. The number of carbonyl (C=O) groups is 2. The number of aliphatic hydroxyl groups is 1. The standard InChI is InChI=1S/C13H16FNO4/c14-11-4-2-10(3-5-11)13(19)15(7-1-9-16)8-6-12(17)18/h2-5,16H,1,6-9H2,(H,17,18). The Morgan fingerprint density at radius 1 is 1.16 bits per heavy atom. The number of carboxylic acid groups (broad SMARTS) is 1. The second-order valence-corrected chi connectivity index (χ2v) is 4.02. The van der Waals surface area contributed by atoms with Crippen molar-refractivity contribution in [2.45, 2.75) is 12.8 Å². The van der Waals surface area contributed by atoms with Crippen LogP contribution in [0.2, 0.25) is 0 Å². The number of halogens is 1. The van der Waals surface area contributed by atoms with Crippen LogP contribution >= 0.6 is 0 Å². The zero-order valence-corrected chi connectivity index (χ0v) is 10.4. The van der Waals surface area contributed by atoms with Crippen LogP contribution in [0.1, 0.15) is 23.2 Å². The third-order valence-electron chi connectivity index (χ3n) is 2.56. The van der Waals surface area contributed by atoms with Gasteiger partial charge in [0.25, 0.3) is 5.91 Å². The molecule has 19 heavy (non-hydrogen) atoms. The number of nitrogens with zero attached hydrogens (tertiary/aromatic N) is 1. The predicted octanol–water partition coefficient (Wildman–Crippen LogP) is 1.12. The summed E-state index contributed by atoms with van der Waals surface area (Å²) in [5.74, 6) is -1.81. The number of rotatable bonds is 7. The molecule has 6 heteroatoms. The normalized spacial score (nSPS) is 10.2. The Hall–Kier alpha value is -1.95. The number of hydrogen-bond donors (Lipinski definition) is 2. The zero-order valence-electron chi connectivity index (χ0n) is 10.4. The number of amides is 1. The van der Waals surface area contributed by atoms with Gasteiger partial charge in [0.05, 0.1) is 6.42 Å². The predicted molar refractivity (Wildman–Crippen MR) is 66.3 cm³/mol. The SMILES string of the molecule is O=C(O)CCN(CCCO)C(=O)c1ccc(F)cc1. The van der Waals surface area contributed by atoms with Crippen molar-refractivity contribution < 1.29 is 24.2 Å². The molecule has 0 unspecified atom stereocenters. The molecule has 1 aromatic carbocycles. The van der Waals surface area contributed by atoms with Gasteiger partial charge >= 0.3 is 5.97 Å². The van der Waals surface area contributed by atoms with Crippen molar-refractivity contribution in [3.63, 3.8) is 0 Å². The molecule has 2 N–H and O–H groups in total. The van der Waals surface area contributed by atoms with Crippen LogP contribution in [0.15, 0.2) is 24.3 Å². The lowest BCUT2D eigenvalue weighted by Crippen LogP contribution is -2.34. The molecule has 1 rings (SSSR count). The molecule has 0 atom stereocenters. The van der Waals surface area contributed by atoms with E-state index in [0.717, 1.165) is 0 Å². The van der Waals surface area contributed by atoms with Crippen LogP contribution in [-0.4, -0.2) is 46.7 Å². The molecule has 0 radical (unpaired) electrons. The largest absolute Gasteiger partial charge is 0.481 e. The van der Waals surface area contributed by atoms with Gasteiger partial charge in [-0.25, -0.2) is 4.39 Å². The third kappa shape index (κ3) is 5.05. The molecule has 0 fully saturated rings. The monoisotopic (exact) mass is 269 g/mol. The van der Waals surface area contributed by atoms with Gasteiger partial charge in [0.1, 0.15) is 5.82 Å². The van der Waals surface area contributed by atoms with Gasteiger partial charge in [-0.05, 0) is 30.7 Å². The Morgan fingerprint density at radius 3 is 2.32 bits per heavy atom. The van der Waals surface area contributed by atoms with Crippen molar-refractivity contribution in [2.75, 3.05) is 19.7 Å². The van der Waals surface area contributed by atoms with Gasteiger partial charge in [-0.15, -0.1) is 0 Å². The topological polar surface area (TPSA) is 77.8 Å². The first-order valence-electron chi connectivity index (χ1n) is 5.92. The smallest absolute Gasteiger partial charge is 0.305 e. The summed E-state index contributed by atoms with van der Waals surface area (Å²) in [6, 6.07) is 5.05. The fraction of sp³-hybridized carbons (Fsp3) is 0.385. The van der Waals surface area contributed by atoms with Crippen LogP contribution in [0.5, 0.6) is 0 Å². The quantitative estimate of drug-likeness (QED) is 0.777. The highest BCUT2D eigenvalue weighted by atomic mass is 19.1. The molecule has 0 aliphatic heterocycles. The highest BCUT2D eigenvalue weighted by Crippen LogP contribution is 2.08. The maximum Gasteiger partial charge on any atom is 0.305 e. The molecule has 0 saturated carbocycles. The highest BCUT2D eigenvalue weighted by Gasteiger charge is 2.16. The van der Waals surface area contributed by atoms with E-state index in [9.17, 15) is 14.0 Å². The van der Waals surface area contributed by atoms with E-state index >= 15 is 0 Å². The molecular formula is C13H16FNO4. The molecule has 0 saturated heterocycles. The fourth-order valence-corrected chi connectivity index (χ4v) is 1.58. The van der Waals surface area contributed by atoms with Crippen molar-refractivity contribution in [2.24, 2.45) is 0 Å². The van der Waals surface area contributed by atoms with Gasteiger partial charge < -0.3 is 15.1 Å². The molecule has 1 aromatic rings. The van der Waals surface area contributed by atoms with Gasteiger partial charge in [-0.3, -0.25) is 9.59 Å². The number of benzene rings is 1. The van der Waals surface area contributed by atoms with Gasteiger partial charge in [0, 0.05) is 25.3 Å². The summed E-state index contributed by atoms with van der Waals surface area (Å²) in [7, 11) is 0. The highest BCUT2D eigenvalue weighted by molar-refractivity contribution is 5.94. The lowest BCUT2D eigenvalue weighted by atomic mass is 10.2. The van der Waals surface area contributed by atoms with E-state index in [1.807, 2.05) is 0 Å². The minimum absolute atomic E-state index is 0.0611. The summed E-state index contributed by atoms with van der Waals surface area (Å²) in [6.07, 6.45) is 0.199. The Balaban J connectivity index is 2.74. The number of carboxylic acids is 1. The van der Waals surface area contributed by atoms with Gasteiger partial charge in [-0.1, -0.05) is 0 Å². The summed E-state index contributed by atoms with van der Waals surface area (Å²) in [5.41, 5.74) is 0.296. The van der Waals surface area contributed by atoms with Gasteiger partial charge in [-0.2, -0.15) is 0 Å². The van der Waals surface area contributed by atoms with Crippen LogP contribution in [0.25, 0.3) is 0 Å². The van der Waals surface area contributed by atoms with Crippen molar-refractivity contribution in [1.82, 2.24) is 4.90 Å². The number of aliphatic carboxylic acids is 1. The van der Waals surface area contributed by atoms with Crippen molar-refractivity contribution >= 4 is 11.9 Å². The lowest BCUT2D eigenvalue weighted by molar-refractivity contribution is -0.137. The van der Waals surface area contributed by atoms with E-state index in [2.05, 4.69) is 0 Å². The minimum atomic E-state index is -0.999. The van der Waals surface area contributed by atoms with Crippen molar-refractivity contribution in [3.05, 3.63) is 35.6 Å². The van der Waals surface area contributed by atoms with Crippen LogP contribution in [0.4, 0.5) is 4.39 Å². The first-order chi connectivity index (χ1) is 9.04. The summed E-state index contributed by atoms with van der Waals surface area (Å²) in [5, 5.41) is 17.4. The van der Waals surface area contributed by atoms with Crippen LogP contribution in [-0.2, 0) is 4.79 Å². The molecule has 0 aliphatic carbocycles. The molecule has 5 nitrogen and oxygen atoms in total. The molecule has 0 bridgehead atoms. The lowest BCUT2D eigenvalue weighted by Gasteiger charge is -2.21. The summed E-state index contributed by atoms with van der Waals surface area (Å²) >= 11 is 0. The van der Waals surface area contributed by atoms with Gasteiger partial charge in [0.15, 0.2) is 0 Å². The summed E-state index contributed by atoms with van der Waals surface area (Å²) in [6.45, 7) is 0.242. The molecule has 0 aromatic heterocycles. The third-order valence-corrected chi connectivity index (χ3v) is 2.56. The average molecular weight is 269 g/mol. The maximum atomic E-state index is 12.8. The molecule has 0 heterocycles. The van der Waals surface area contributed by atoms with Gasteiger partial charge in [0.2, 0.25) is 0 Å². The van der Waals surface area contributed by atoms with E-state index < -0.39 is 11.8 Å².